The van der Waals surface area contributed by atoms with E-state index in [0.717, 1.165) is 12.1 Å². The maximum atomic E-state index is 11.6. The summed E-state index contributed by atoms with van der Waals surface area (Å²) in [5.41, 5.74) is 2.22. The van der Waals surface area contributed by atoms with Gasteiger partial charge < -0.3 is 5.32 Å². The van der Waals surface area contributed by atoms with Crippen molar-refractivity contribution in [1.82, 2.24) is 9.88 Å². The zero-order valence-corrected chi connectivity index (χ0v) is 9.94. The number of carbonyl (C=O) groups excluding carboxylic acids is 1. The van der Waals surface area contributed by atoms with E-state index in [0.29, 0.717) is 6.04 Å². The second-order valence-corrected chi connectivity index (χ2v) is 4.72. The fourth-order valence-electron chi connectivity index (χ4n) is 2.19. The second-order valence-electron chi connectivity index (χ2n) is 4.72. The molecule has 3 heteroatoms. The molecule has 1 aromatic carbocycles. The number of nitrogens with one attached hydrogen (secondary N) is 1. The molecule has 0 saturated heterocycles. The van der Waals surface area contributed by atoms with E-state index in [2.05, 4.69) is 11.4 Å². The van der Waals surface area contributed by atoms with Crippen molar-refractivity contribution < 1.29 is 4.79 Å². The van der Waals surface area contributed by atoms with Crippen LogP contribution in [-0.2, 0) is 6.54 Å². The van der Waals surface area contributed by atoms with Crippen molar-refractivity contribution in [2.24, 2.45) is 0 Å². The normalized spacial score (nSPS) is 15.4. The summed E-state index contributed by atoms with van der Waals surface area (Å²) in [7, 11) is 0. The molecule has 2 aromatic rings. The lowest BCUT2D eigenvalue weighted by Gasteiger charge is -2.00. The minimum atomic E-state index is 0.0684. The average Bonchev–Trinajstić information content (AvgIpc) is 3.07. The van der Waals surface area contributed by atoms with Gasteiger partial charge in [-0.3, -0.25) is 9.36 Å². The highest BCUT2D eigenvalue weighted by molar-refractivity contribution is 5.93. The molecule has 0 radical (unpaired) electrons. The van der Waals surface area contributed by atoms with Crippen molar-refractivity contribution >= 4 is 16.8 Å². The third kappa shape index (κ3) is 1.98. The maximum Gasteiger partial charge on any atom is 0.227 e. The minimum absolute atomic E-state index is 0.0684. The molecule has 0 unspecified atom stereocenters. The highest BCUT2D eigenvalue weighted by atomic mass is 16.1. The Morgan fingerprint density at radius 3 is 2.88 bits per heavy atom. The van der Waals surface area contributed by atoms with E-state index >= 15 is 0 Å². The van der Waals surface area contributed by atoms with E-state index in [4.69, 9.17) is 0 Å². The number of aromatic nitrogens is 1. The Labute approximate surface area is 100 Å². The van der Waals surface area contributed by atoms with Crippen LogP contribution in [0, 0.1) is 0 Å². The molecule has 17 heavy (non-hydrogen) atoms. The molecule has 3 nitrogen and oxygen atoms in total. The SMILES string of the molecule is CC(=O)n1cc(CNC2CC2)c2ccccc21. The molecule has 3 rings (SSSR count). The van der Waals surface area contributed by atoms with Gasteiger partial charge in [-0.25, -0.2) is 0 Å². The fourth-order valence-corrected chi connectivity index (χ4v) is 2.19. The summed E-state index contributed by atoms with van der Waals surface area (Å²) >= 11 is 0. The van der Waals surface area contributed by atoms with Gasteiger partial charge in [0, 0.05) is 31.1 Å². The van der Waals surface area contributed by atoms with Gasteiger partial charge in [0.15, 0.2) is 0 Å². The third-order valence-electron chi connectivity index (χ3n) is 3.29. The Kier molecular flexibility index (Phi) is 2.48. The number of nitrogens with zero attached hydrogens (tertiary/aromatic N) is 1. The lowest BCUT2D eigenvalue weighted by molar-refractivity contribution is 0.0941. The number of benzene rings is 1. The van der Waals surface area contributed by atoms with Gasteiger partial charge in [0.2, 0.25) is 5.91 Å². The van der Waals surface area contributed by atoms with Crippen LogP contribution < -0.4 is 5.32 Å². The molecule has 1 aromatic heterocycles. The number of fused-ring (bicyclic) bond motifs is 1. The average molecular weight is 228 g/mol. The minimum Gasteiger partial charge on any atom is -0.310 e. The largest absolute Gasteiger partial charge is 0.310 e. The van der Waals surface area contributed by atoms with E-state index in [1.165, 1.54) is 23.8 Å². The van der Waals surface area contributed by atoms with Crippen LogP contribution in [0.5, 0.6) is 0 Å². The van der Waals surface area contributed by atoms with Crippen molar-refractivity contribution in [2.75, 3.05) is 0 Å². The van der Waals surface area contributed by atoms with Crippen LogP contribution in [0.15, 0.2) is 30.5 Å². The number of hydrogen-bond donors (Lipinski definition) is 1. The van der Waals surface area contributed by atoms with Crippen LogP contribution in [0.1, 0.15) is 30.1 Å². The molecular weight excluding hydrogens is 212 g/mol. The first-order valence-electron chi connectivity index (χ1n) is 6.09. The summed E-state index contributed by atoms with van der Waals surface area (Å²) in [6, 6.07) is 8.76. The first-order valence-corrected chi connectivity index (χ1v) is 6.09. The lowest BCUT2D eigenvalue weighted by atomic mass is 10.2. The van der Waals surface area contributed by atoms with Gasteiger partial charge in [-0.15, -0.1) is 0 Å². The Morgan fingerprint density at radius 2 is 2.18 bits per heavy atom. The molecule has 0 atom stereocenters. The lowest BCUT2D eigenvalue weighted by Crippen LogP contribution is -2.15. The summed E-state index contributed by atoms with van der Waals surface area (Å²) < 4.78 is 1.74. The molecule has 1 aliphatic rings. The highest BCUT2D eigenvalue weighted by Crippen LogP contribution is 2.23. The van der Waals surface area contributed by atoms with Crippen molar-refractivity contribution in [3.63, 3.8) is 0 Å². The van der Waals surface area contributed by atoms with E-state index in [1.807, 2.05) is 24.4 Å². The Bertz CT molecular complexity index is 567. The van der Waals surface area contributed by atoms with Gasteiger partial charge in [0.05, 0.1) is 5.52 Å². The summed E-state index contributed by atoms with van der Waals surface area (Å²) in [6.45, 7) is 2.45. The number of carbonyl (C=O) groups is 1. The van der Waals surface area contributed by atoms with Crippen molar-refractivity contribution in [2.45, 2.75) is 32.4 Å². The maximum absolute atomic E-state index is 11.6. The zero-order valence-electron chi connectivity index (χ0n) is 9.94. The third-order valence-corrected chi connectivity index (χ3v) is 3.29. The Balaban J connectivity index is 2.00. The molecule has 0 amide bonds. The van der Waals surface area contributed by atoms with Crippen LogP contribution in [0.25, 0.3) is 10.9 Å². The van der Waals surface area contributed by atoms with Crippen LogP contribution in [0.4, 0.5) is 0 Å². The van der Waals surface area contributed by atoms with Crippen LogP contribution >= 0.6 is 0 Å². The van der Waals surface area contributed by atoms with Gasteiger partial charge in [-0.05, 0) is 24.5 Å². The summed E-state index contributed by atoms with van der Waals surface area (Å²) in [6.07, 6.45) is 4.53. The van der Waals surface area contributed by atoms with E-state index in [1.54, 1.807) is 11.5 Å². The molecule has 1 aliphatic carbocycles. The van der Waals surface area contributed by atoms with Gasteiger partial charge in [-0.1, -0.05) is 18.2 Å². The van der Waals surface area contributed by atoms with E-state index < -0.39 is 0 Å². The van der Waals surface area contributed by atoms with Gasteiger partial charge in [0.1, 0.15) is 0 Å². The molecule has 0 spiro atoms. The van der Waals surface area contributed by atoms with Gasteiger partial charge in [0.25, 0.3) is 0 Å². The van der Waals surface area contributed by atoms with Crippen molar-refractivity contribution in [3.05, 3.63) is 36.0 Å². The second kappa shape index (κ2) is 4.00. The fraction of sp³-hybridized carbons (Fsp3) is 0.357. The molecular formula is C14H16N2O. The number of rotatable bonds is 3. The van der Waals surface area contributed by atoms with Crippen LogP contribution in [-0.4, -0.2) is 16.5 Å². The molecule has 1 fully saturated rings. The molecule has 1 saturated carbocycles. The first-order chi connectivity index (χ1) is 8.25. The summed E-state index contributed by atoms with van der Waals surface area (Å²) in [5, 5.41) is 4.67. The number of hydrogen-bond acceptors (Lipinski definition) is 2. The summed E-state index contributed by atoms with van der Waals surface area (Å²) in [5.74, 6) is 0.0684. The van der Waals surface area contributed by atoms with Crippen LogP contribution in [0.3, 0.4) is 0 Å². The van der Waals surface area contributed by atoms with Crippen molar-refractivity contribution in [3.8, 4) is 0 Å². The molecule has 1 N–H and O–H groups in total. The van der Waals surface area contributed by atoms with E-state index in [9.17, 15) is 4.79 Å². The Morgan fingerprint density at radius 1 is 1.41 bits per heavy atom. The standard InChI is InChI=1S/C14H16N2O/c1-10(17)16-9-11(8-15-12-6-7-12)13-4-2-3-5-14(13)16/h2-5,9,12,15H,6-8H2,1H3. The van der Waals surface area contributed by atoms with E-state index in [-0.39, 0.29) is 5.91 Å². The zero-order chi connectivity index (χ0) is 11.8. The topological polar surface area (TPSA) is 34.0 Å². The Hall–Kier alpha value is -1.61. The molecule has 0 aliphatic heterocycles. The molecule has 1 heterocycles. The van der Waals surface area contributed by atoms with Gasteiger partial charge in [-0.2, -0.15) is 0 Å². The quantitative estimate of drug-likeness (QED) is 0.876. The highest BCUT2D eigenvalue weighted by Gasteiger charge is 2.21. The molecule has 0 bridgehead atoms. The predicted octanol–water partition coefficient (Wildman–Crippen LogP) is 2.55. The van der Waals surface area contributed by atoms with Gasteiger partial charge >= 0.3 is 0 Å². The predicted molar refractivity (Wildman–Crippen MR) is 68.1 cm³/mol. The molecule has 88 valence electrons. The summed E-state index contributed by atoms with van der Waals surface area (Å²) in [4.78, 5) is 11.6. The monoisotopic (exact) mass is 228 g/mol. The van der Waals surface area contributed by atoms with Crippen molar-refractivity contribution in [1.29, 1.82) is 0 Å². The van der Waals surface area contributed by atoms with Crippen LogP contribution in [0.2, 0.25) is 0 Å². The number of para-hydroxylation sites is 1. The first kappa shape index (κ1) is 10.5. The smallest absolute Gasteiger partial charge is 0.227 e.